The van der Waals surface area contributed by atoms with Gasteiger partial charge in [0.15, 0.2) is 5.78 Å². The Balaban J connectivity index is 3.01. The molecule has 1 aliphatic rings. The topological polar surface area (TPSA) is 63.7 Å². The van der Waals surface area contributed by atoms with Crippen LogP contribution in [-0.4, -0.2) is 37.3 Å². The summed E-state index contributed by atoms with van der Waals surface area (Å²) < 4.78 is 29.7. The van der Waals surface area contributed by atoms with E-state index in [1.807, 2.05) is 0 Å². The summed E-state index contributed by atoms with van der Waals surface area (Å²) >= 11 is 0. The van der Waals surface area contributed by atoms with Gasteiger partial charge in [0.1, 0.15) is 6.10 Å². The average molecular weight is 299 g/mol. The van der Waals surface area contributed by atoms with E-state index in [1.165, 1.54) is 11.2 Å². The van der Waals surface area contributed by atoms with E-state index >= 15 is 0 Å². The number of thiol groups is 1. The largest absolute Gasteiger partial charge is 0.365 e. The number of hydrogen-bond donors (Lipinski definition) is 1. The van der Waals surface area contributed by atoms with E-state index in [-0.39, 0.29) is 18.4 Å². The smallest absolute Gasteiger partial charge is 0.225 e. The lowest BCUT2D eigenvalue weighted by Gasteiger charge is -2.35. The third kappa shape index (κ3) is 4.05. The lowest BCUT2D eigenvalue weighted by atomic mass is 9.99. The monoisotopic (exact) mass is 299 g/mol. The zero-order chi connectivity index (χ0) is 15.3. The van der Waals surface area contributed by atoms with Gasteiger partial charge in [0.25, 0.3) is 0 Å². The number of Topliss-reactive ketones (excluding diaryl/α,β-unsaturated/α-hetero) is 1. The molecule has 1 fully saturated rings. The van der Waals surface area contributed by atoms with Gasteiger partial charge in [-0.15, -0.1) is 0 Å². The second kappa shape index (κ2) is 7.40. The zero-order valence-electron chi connectivity index (χ0n) is 12.0. The molecule has 0 saturated carbocycles. The lowest BCUT2D eigenvalue weighted by Crippen LogP contribution is -2.40. The highest BCUT2D eigenvalue weighted by Gasteiger charge is 2.30. The fraction of sp³-hybridized carbons (Fsp3) is 0.500. The van der Waals surface area contributed by atoms with Crippen LogP contribution in [0.4, 0.5) is 0 Å². The van der Waals surface area contributed by atoms with E-state index in [1.54, 1.807) is 32.1 Å². The first-order valence-electron chi connectivity index (χ1n) is 6.46. The summed E-state index contributed by atoms with van der Waals surface area (Å²) in [6.45, 7) is 8.78. The summed E-state index contributed by atoms with van der Waals surface area (Å²) in [6.07, 6.45) is 4.83. The molecule has 5 nitrogen and oxygen atoms in total. The van der Waals surface area contributed by atoms with Crippen LogP contribution in [0.3, 0.4) is 0 Å². The van der Waals surface area contributed by atoms with Gasteiger partial charge < -0.3 is 4.74 Å². The molecule has 2 atom stereocenters. The Labute approximate surface area is 121 Å². The van der Waals surface area contributed by atoms with E-state index in [4.69, 9.17) is 4.74 Å². The Morgan fingerprint density at radius 1 is 1.55 bits per heavy atom. The van der Waals surface area contributed by atoms with Crippen molar-refractivity contribution in [2.24, 2.45) is 0 Å². The third-order valence-electron chi connectivity index (χ3n) is 3.19. The van der Waals surface area contributed by atoms with Gasteiger partial charge in [-0.1, -0.05) is 24.8 Å². The number of piperidine rings is 1. The number of nitrogens with zero attached hydrogens (tertiary/aromatic N) is 1. The second-order valence-electron chi connectivity index (χ2n) is 4.64. The van der Waals surface area contributed by atoms with Crippen LogP contribution >= 0.6 is 0 Å². The normalized spacial score (nSPS) is 25.2. The molecule has 0 aromatic rings. The predicted molar refractivity (Wildman–Crippen MR) is 78.7 cm³/mol. The van der Waals surface area contributed by atoms with Crippen molar-refractivity contribution in [3.8, 4) is 0 Å². The molecule has 0 aliphatic carbocycles. The number of ketones is 1. The maximum Gasteiger partial charge on any atom is 0.225 e. The van der Waals surface area contributed by atoms with Crippen molar-refractivity contribution in [2.45, 2.75) is 39.4 Å². The summed E-state index contributed by atoms with van der Waals surface area (Å²) in [5, 5.41) is 0. The van der Waals surface area contributed by atoms with Crippen molar-refractivity contribution in [3.05, 3.63) is 36.1 Å². The molecular weight excluding hydrogens is 278 g/mol. The number of rotatable bonds is 5. The molecule has 1 aliphatic heterocycles. The van der Waals surface area contributed by atoms with E-state index in [2.05, 4.69) is 6.58 Å². The highest BCUT2D eigenvalue weighted by Crippen LogP contribution is 2.29. The number of carbonyl (C=O) groups excluding carboxylic acids is 1. The van der Waals surface area contributed by atoms with Crippen molar-refractivity contribution in [3.63, 3.8) is 0 Å². The minimum atomic E-state index is -2.74. The zero-order valence-corrected chi connectivity index (χ0v) is 12.9. The Morgan fingerprint density at radius 2 is 2.20 bits per heavy atom. The Hall–Kier alpha value is -1.40. The average Bonchev–Trinajstić information content (AvgIpc) is 2.38. The molecule has 0 radical (unpaired) electrons. The van der Waals surface area contributed by atoms with Crippen LogP contribution in [0.2, 0.25) is 0 Å². The standard InChI is InChI=1S/C14H21NO4S/c1-5-7-12-8-13(19-11(4)10(3)16)9-15(20(17)18)14(12)6-2/h5-7,11,13,20H,1,8-9H2,2-4H3/b12-7-,14-6+/t11?,13-/m1/s1. The van der Waals surface area contributed by atoms with Crippen molar-refractivity contribution in [1.82, 2.24) is 4.31 Å². The molecule has 1 rings (SSSR count). The molecule has 0 amide bonds. The van der Waals surface area contributed by atoms with Gasteiger partial charge in [-0.2, -0.15) is 0 Å². The molecule has 112 valence electrons. The quantitative estimate of drug-likeness (QED) is 0.783. The van der Waals surface area contributed by atoms with Crippen LogP contribution in [0.1, 0.15) is 27.2 Å². The van der Waals surface area contributed by atoms with Crippen LogP contribution in [0, 0.1) is 0 Å². The first kappa shape index (κ1) is 16.7. The van der Waals surface area contributed by atoms with E-state index < -0.39 is 17.0 Å². The highest BCUT2D eigenvalue weighted by atomic mass is 32.2. The first-order valence-corrected chi connectivity index (χ1v) is 7.59. The van der Waals surface area contributed by atoms with Gasteiger partial charge in [-0.25, -0.2) is 8.42 Å². The summed E-state index contributed by atoms with van der Waals surface area (Å²) in [5.74, 6) is -0.0749. The third-order valence-corrected chi connectivity index (χ3v) is 3.96. The first-order chi connectivity index (χ1) is 9.40. The van der Waals surface area contributed by atoms with Crippen molar-refractivity contribution in [2.75, 3.05) is 6.54 Å². The maximum absolute atomic E-state index is 11.4. The van der Waals surface area contributed by atoms with Crippen LogP contribution < -0.4 is 0 Å². The van der Waals surface area contributed by atoms with Gasteiger partial charge in [0.2, 0.25) is 10.9 Å². The van der Waals surface area contributed by atoms with Crippen molar-refractivity contribution in [1.29, 1.82) is 0 Å². The number of ether oxygens (including phenoxy) is 1. The molecule has 1 heterocycles. The molecule has 1 unspecified atom stereocenters. The van der Waals surface area contributed by atoms with Gasteiger partial charge in [-0.3, -0.25) is 9.10 Å². The molecule has 0 N–H and O–H groups in total. The summed E-state index contributed by atoms with van der Waals surface area (Å²) in [4.78, 5) is 11.3. The second-order valence-corrected chi connectivity index (χ2v) is 5.60. The maximum atomic E-state index is 11.4. The van der Waals surface area contributed by atoms with Crippen molar-refractivity contribution >= 4 is 16.7 Å². The van der Waals surface area contributed by atoms with Gasteiger partial charge >= 0.3 is 0 Å². The minimum absolute atomic E-state index is 0.0749. The summed E-state index contributed by atoms with van der Waals surface area (Å²) in [5.41, 5.74) is 1.49. The van der Waals surface area contributed by atoms with Gasteiger partial charge in [0.05, 0.1) is 18.3 Å². The SMILES string of the molecule is C=C/C=C1/C[C@@H](OC(C)C(C)=O)CN([SH](=O)=O)/C1=C/C. The van der Waals surface area contributed by atoms with Crippen LogP contribution in [0.25, 0.3) is 0 Å². The van der Waals surface area contributed by atoms with Gasteiger partial charge in [0, 0.05) is 6.42 Å². The predicted octanol–water partition coefficient (Wildman–Crippen LogP) is 1.60. The van der Waals surface area contributed by atoms with Crippen molar-refractivity contribution < 1.29 is 17.9 Å². The van der Waals surface area contributed by atoms with Crippen LogP contribution in [0.5, 0.6) is 0 Å². The Kier molecular flexibility index (Phi) is 6.16. The summed E-state index contributed by atoms with van der Waals surface area (Å²) in [7, 11) is -2.74. The minimum Gasteiger partial charge on any atom is -0.365 e. The Bertz CT molecular complexity index is 511. The number of hydrogen-bond acceptors (Lipinski definition) is 4. The van der Waals surface area contributed by atoms with E-state index in [0.717, 1.165) is 5.57 Å². The fourth-order valence-corrected chi connectivity index (χ4v) is 2.87. The van der Waals surface area contributed by atoms with E-state index in [0.29, 0.717) is 12.1 Å². The van der Waals surface area contributed by atoms with Crippen LogP contribution in [0.15, 0.2) is 36.1 Å². The molecule has 0 bridgehead atoms. The van der Waals surface area contributed by atoms with E-state index in [9.17, 15) is 13.2 Å². The molecule has 1 saturated heterocycles. The fourth-order valence-electron chi connectivity index (χ4n) is 2.13. The molecule has 0 aromatic heterocycles. The molecule has 0 spiro atoms. The van der Waals surface area contributed by atoms with Crippen LogP contribution in [-0.2, 0) is 20.4 Å². The van der Waals surface area contributed by atoms with Gasteiger partial charge in [-0.05, 0) is 26.3 Å². The molecule has 6 heteroatoms. The lowest BCUT2D eigenvalue weighted by molar-refractivity contribution is -0.131. The Morgan fingerprint density at radius 3 is 2.65 bits per heavy atom. The highest BCUT2D eigenvalue weighted by molar-refractivity contribution is 7.70. The number of carbonyl (C=O) groups is 1. The molecule has 0 aromatic carbocycles. The molecular formula is C14H21NO4S. The summed E-state index contributed by atoms with van der Waals surface area (Å²) in [6, 6.07) is 0. The molecule has 20 heavy (non-hydrogen) atoms. The number of allylic oxidation sites excluding steroid dienone is 4.